The summed E-state index contributed by atoms with van der Waals surface area (Å²) in [7, 11) is -3.35. The lowest BCUT2D eigenvalue weighted by molar-refractivity contribution is 0.00327. The van der Waals surface area contributed by atoms with Crippen molar-refractivity contribution in [2.75, 3.05) is 19.5 Å². The van der Waals surface area contributed by atoms with Gasteiger partial charge in [0.05, 0.1) is 31.1 Å². The van der Waals surface area contributed by atoms with Gasteiger partial charge in [0, 0.05) is 6.42 Å². The number of sulfonamides is 1. The molecule has 1 aromatic carbocycles. The number of hydrogen-bond donors (Lipinski definition) is 2. The highest BCUT2D eigenvalue weighted by Gasteiger charge is 2.29. The first-order chi connectivity index (χ1) is 9.85. The van der Waals surface area contributed by atoms with Gasteiger partial charge in [-0.2, -0.15) is 0 Å². The summed E-state index contributed by atoms with van der Waals surface area (Å²) in [5.74, 6) is -0.517. The second-order valence-corrected chi connectivity index (χ2v) is 6.63. The smallest absolute Gasteiger partial charge is 0.335 e. The first kappa shape index (κ1) is 15.7. The van der Waals surface area contributed by atoms with Crippen LogP contribution in [0.2, 0.25) is 0 Å². The Hall–Kier alpha value is -1.64. The quantitative estimate of drug-likeness (QED) is 0.819. The molecule has 0 spiro atoms. The largest absolute Gasteiger partial charge is 0.489 e. The second-order valence-electron chi connectivity index (χ2n) is 4.85. The van der Waals surface area contributed by atoms with Crippen molar-refractivity contribution in [1.29, 1.82) is 0 Å². The van der Waals surface area contributed by atoms with Gasteiger partial charge < -0.3 is 14.6 Å². The molecule has 2 rings (SSSR count). The SMILES string of the molecule is CS(=O)(=O)N[C@@H]1COCC[C@H]1Oc1ccc(C(=O)O)cc1. The number of hydrogen-bond acceptors (Lipinski definition) is 5. The zero-order chi connectivity index (χ0) is 15.5. The van der Waals surface area contributed by atoms with Crippen LogP contribution in [0.1, 0.15) is 16.8 Å². The number of ether oxygens (including phenoxy) is 2. The Morgan fingerprint density at radius 2 is 2.05 bits per heavy atom. The molecule has 0 amide bonds. The first-order valence-electron chi connectivity index (χ1n) is 6.40. The molecule has 0 radical (unpaired) electrons. The summed E-state index contributed by atoms with van der Waals surface area (Å²) in [6, 6.07) is 5.52. The number of nitrogens with one attached hydrogen (secondary N) is 1. The van der Waals surface area contributed by atoms with Crippen LogP contribution in [-0.4, -0.2) is 51.1 Å². The Labute approximate surface area is 122 Å². The van der Waals surface area contributed by atoms with Crippen molar-refractivity contribution in [3.63, 3.8) is 0 Å². The number of carbonyl (C=O) groups is 1. The zero-order valence-electron chi connectivity index (χ0n) is 11.5. The Kier molecular flexibility index (Phi) is 4.81. The predicted molar refractivity (Wildman–Crippen MR) is 75.0 cm³/mol. The molecule has 2 atom stereocenters. The van der Waals surface area contributed by atoms with Crippen molar-refractivity contribution in [3.8, 4) is 5.75 Å². The monoisotopic (exact) mass is 315 g/mol. The second kappa shape index (κ2) is 6.42. The van der Waals surface area contributed by atoms with Gasteiger partial charge in [0.15, 0.2) is 0 Å². The van der Waals surface area contributed by atoms with Gasteiger partial charge in [-0.05, 0) is 24.3 Å². The van der Waals surface area contributed by atoms with Crippen molar-refractivity contribution in [1.82, 2.24) is 4.72 Å². The number of rotatable bonds is 5. The van der Waals surface area contributed by atoms with E-state index in [9.17, 15) is 13.2 Å². The molecule has 7 nitrogen and oxygen atoms in total. The lowest BCUT2D eigenvalue weighted by Gasteiger charge is -2.31. The van der Waals surface area contributed by atoms with Gasteiger partial charge in [-0.3, -0.25) is 0 Å². The summed E-state index contributed by atoms with van der Waals surface area (Å²) in [6.45, 7) is 0.727. The summed E-state index contributed by atoms with van der Waals surface area (Å²) >= 11 is 0. The highest BCUT2D eigenvalue weighted by Crippen LogP contribution is 2.19. The maximum atomic E-state index is 11.3. The molecule has 8 heteroatoms. The van der Waals surface area contributed by atoms with Crippen LogP contribution in [0.4, 0.5) is 0 Å². The van der Waals surface area contributed by atoms with Gasteiger partial charge in [-0.25, -0.2) is 17.9 Å². The Balaban J connectivity index is 2.06. The van der Waals surface area contributed by atoms with Crippen molar-refractivity contribution < 1.29 is 27.8 Å². The molecule has 1 aliphatic rings. The van der Waals surface area contributed by atoms with E-state index in [1.807, 2.05) is 0 Å². The summed E-state index contributed by atoms with van der Waals surface area (Å²) in [6.07, 6.45) is 1.28. The minimum atomic E-state index is -3.35. The summed E-state index contributed by atoms with van der Waals surface area (Å²) < 4.78 is 36.2. The summed E-state index contributed by atoms with van der Waals surface area (Å²) in [5.41, 5.74) is 0.167. The van der Waals surface area contributed by atoms with Crippen LogP contribution in [0.5, 0.6) is 5.75 Å². The van der Waals surface area contributed by atoms with Crippen LogP contribution < -0.4 is 9.46 Å². The van der Waals surface area contributed by atoms with Crippen LogP contribution in [0, 0.1) is 0 Å². The molecule has 2 N–H and O–H groups in total. The zero-order valence-corrected chi connectivity index (χ0v) is 12.3. The topological polar surface area (TPSA) is 102 Å². The van der Waals surface area contributed by atoms with Crippen LogP contribution >= 0.6 is 0 Å². The molecule has 0 unspecified atom stereocenters. The maximum absolute atomic E-state index is 11.3. The van der Waals surface area contributed by atoms with Gasteiger partial charge in [0.2, 0.25) is 10.0 Å². The average molecular weight is 315 g/mol. The highest BCUT2D eigenvalue weighted by atomic mass is 32.2. The van der Waals surface area contributed by atoms with Gasteiger partial charge in [-0.1, -0.05) is 0 Å². The van der Waals surface area contributed by atoms with Crippen molar-refractivity contribution >= 4 is 16.0 Å². The fraction of sp³-hybridized carbons (Fsp3) is 0.462. The van der Waals surface area contributed by atoms with Gasteiger partial charge >= 0.3 is 5.97 Å². The van der Waals surface area contributed by atoms with Gasteiger partial charge in [0.1, 0.15) is 11.9 Å². The molecule has 1 heterocycles. The molecule has 116 valence electrons. The van der Waals surface area contributed by atoms with E-state index in [1.54, 1.807) is 12.1 Å². The van der Waals surface area contributed by atoms with Crippen molar-refractivity contribution in [2.24, 2.45) is 0 Å². The van der Waals surface area contributed by atoms with E-state index in [1.165, 1.54) is 12.1 Å². The van der Waals surface area contributed by atoms with E-state index in [-0.39, 0.29) is 18.3 Å². The van der Waals surface area contributed by atoms with E-state index in [2.05, 4.69) is 4.72 Å². The summed E-state index contributed by atoms with van der Waals surface area (Å²) in [5, 5.41) is 8.83. The van der Waals surface area contributed by atoms with Crippen LogP contribution in [0.25, 0.3) is 0 Å². The molecular formula is C13H17NO6S. The van der Waals surface area contributed by atoms with Crippen molar-refractivity contribution in [2.45, 2.75) is 18.6 Å². The molecule has 1 fully saturated rings. The fourth-order valence-electron chi connectivity index (χ4n) is 2.10. The molecule has 0 aliphatic carbocycles. The fourth-order valence-corrected chi connectivity index (χ4v) is 2.86. The molecule has 1 saturated heterocycles. The van der Waals surface area contributed by atoms with E-state index in [0.717, 1.165) is 6.26 Å². The molecule has 1 aliphatic heterocycles. The standard InChI is InChI=1S/C13H17NO6S/c1-21(17,18)14-11-8-19-7-6-12(11)20-10-4-2-9(3-5-10)13(15)16/h2-5,11-12,14H,6-8H2,1H3,(H,15,16)/t11-,12-/m1/s1. The Morgan fingerprint density at radius 1 is 1.38 bits per heavy atom. The van der Waals surface area contributed by atoms with Crippen LogP contribution in [-0.2, 0) is 14.8 Å². The van der Waals surface area contributed by atoms with Crippen LogP contribution in [0.15, 0.2) is 24.3 Å². The van der Waals surface area contributed by atoms with Crippen molar-refractivity contribution in [3.05, 3.63) is 29.8 Å². The number of carboxylic acid groups (broad SMARTS) is 1. The first-order valence-corrected chi connectivity index (χ1v) is 8.29. The third-order valence-corrected chi connectivity index (χ3v) is 3.78. The normalized spacial score (nSPS) is 22.7. The third kappa shape index (κ3) is 4.69. The maximum Gasteiger partial charge on any atom is 0.335 e. The Morgan fingerprint density at radius 3 is 2.62 bits per heavy atom. The molecule has 0 saturated carbocycles. The van der Waals surface area contributed by atoms with E-state index in [4.69, 9.17) is 14.6 Å². The van der Waals surface area contributed by atoms with Crippen LogP contribution in [0.3, 0.4) is 0 Å². The Bertz CT molecular complexity index is 598. The minimum absolute atomic E-state index is 0.167. The lowest BCUT2D eigenvalue weighted by atomic mass is 10.1. The molecule has 0 aromatic heterocycles. The van der Waals surface area contributed by atoms with Gasteiger partial charge in [0.25, 0.3) is 0 Å². The molecule has 0 bridgehead atoms. The lowest BCUT2D eigenvalue weighted by Crippen LogP contribution is -2.51. The third-order valence-electron chi connectivity index (χ3n) is 3.05. The number of benzene rings is 1. The summed E-state index contributed by atoms with van der Waals surface area (Å²) in [4.78, 5) is 10.8. The number of aromatic carboxylic acids is 1. The van der Waals surface area contributed by atoms with E-state index < -0.39 is 22.0 Å². The highest BCUT2D eigenvalue weighted by molar-refractivity contribution is 7.88. The van der Waals surface area contributed by atoms with E-state index >= 15 is 0 Å². The minimum Gasteiger partial charge on any atom is -0.489 e. The van der Waals surface area contributed by atoms with Gasteiger partial charge in [-0.15, -0.1) is 0 Å². The molecule has 1 aromatic rings. The average Bonchev–Trinajstić information content (AvgIpc) is 2.40. The van der Waals surface area contributed by atoms with E-state index in [0.29, 0.717) is 18.8 Å². The molecule has 21 heavy (non-hydrogen) atoms. The molecular weight excluding hydrogens is 298 g/mol. The predicted octanol–water partition coefficient (Wildman–Crippen LogP) is 0.470. The number of carboxylic acids is 1.